The Hall–Kier alpha value is -2.88. The average Bonchev–Trinajstić information content (AvgIpc) is 2.60. The van der Waals surface area contributed by atoms with Crippen LogP contribution < -0.4 is 5.32 Å². The van der Waals surface area contributed by atoms with Crippen molar-refractivity contribution in [2.24, 2.45) is 0 Å². The molecule has 2 N–H and O–H groups in total. The van der Waals surface area contributed by atoms with Gasteiger partial charge < -0.3 is 10.4 Å². The van der Waals surface area contributed by atoms with Gasteiger partial charge in [-0.05, 0) is 0 Å². The molecule has 0 saturated heterocycles. The number of nitriles is 1. The van der Waals surface area contributed by atoms with Crippen LogP contribution in [0.2, 0.25) is 10.0 Å². The van der Waals surface area contributed by atoms with Crippen molar-refractivity contribution in [3.63, 3.8) is 0 Å². The van der Waals surface area contributed by atoms with E-state index in [9.17, 15) is 19.5 Å². The van der Waals surface area contributed by atoms with E-state index in [4.69, 9.17) is 28.5 Å². The number of carbonyl (C=O) groups is 3. The fourth-order valence-electron chi connectivity index (χ4n) is 2.65. The maximum Gasteiger partial charge on any atom is 0.238 e. The topological polar surface area (TPSA) is 107 Å². The molecule has 0 unspecified atom stereocenters. The van der Waals surface area contributed by atoms with Crippen molar-refractivity contribution in [1.29, 1.82) is 5.26 Å². The summed E-state index contributed by atoms with van der Waals surface area (Å²) in [6, 6.07) is 7.74. The fraction of sp³-hybridized carbons (Fsp3) is 0.0588. The predicted molar refractivity (Wildman–Crippen MR) is 90.3 cm³/mol. The molecular formula is C17H8Cl2N2O4. The molecule has 0 fully saturated rings. The van der Waals surface area contributed by atoms with Gasteiger partial charge in [0.2, 0.25) is 5.91 Å². The molecule has 124 valence electrons. The molecule has 3 rings (SSSR count). The van der Waals surface area contributed by atoms with E-state index in [2.05, 4.69) is 5.32 Å². The number of nitrogens with one attached hydrogen (secondary N) is 1. The van der Waals surface area contributed by atoms with Crippen LogP contribution in [-0.4, -0.2) is 22.6 Å². The Kier molecular flexibility index (Phi) is 4.21. The maximum absolute atomic E-state index is 12.8. The molecule has 0 atom stereocenters. The Morgan fingerprint density at radius 1 is 1.08 bits per heavy atom. The molecule has 0 bridgehead atoms. The number of aromatic hydroxyl groups is 1. The normalized spacial score (nSPS) is 12.2. The molecule has 0 aromatic heterocycles. The van der Waals surface area contributed by atoms with E-state index in [0.717, 1.165) is 0 Å². The number of nitrogens with zero attached hydrogens (tertiary/aromatic N) is 1. The van der Waals surface area contributed by atoms with Gasteiger partial charge in [0.05, 0.1) is 27.9 Å². The third-order valence-electron chi connectivity index (χ3n) is 3.73. The van der Waals surface area contributed by atoms with Crippen molar-refractivity contribution in [3.05, 3.63) is 56.6 Å². The molecule has 25 heavy (non-hydrogen) atoms. The number of rotatable bonds is 2. The van der Waals surface area contributed by atoms with E-state index in [1.807, 2.05) is 0 Å². The average molecular weight is 375 g/mol. The summed E-state index contributed by atoms with van der Waals surface area (Å²) < 4.78 is 0. The van der Waals surface area contributed by atoms with E-state index in [0.29, 0.717) is 0 Å². The number of halogens is 2. The lowest BCUT2D eigenvalue weighted by atomic mass is 9.82. The minimum atomic E-state index is -0.729. The summed E-state index contributed by atoms with van der Waals surface area (Å²) in [6.07, 6.45) is -0.484. The minimum absolute atomic E-state index is 0.114. The SMILES string of the molecule is N#CCC(=O)Nc1c(Cl)c(Cl)c(O)c2c1C(=O)c1ccccc1C2=O. The van der Waals surface area contributed by atoms with Gasteiger partial charge in [0.25, 0.3) is 0 Å². The summed E-state index contributed by atoms with van der Waals surface area (Å²) >= 11 is 12.0. The van der Waals surface area contributed by atoms with Crippen LogP contribution >= 0.6 is 23.2 Å². The first-order chi connectivity index (χ1) is 11.9. The van der Waals surface area contributed by atoms with Gasteiger partial charge in [-0.2, -0.15) is 5.26 Å². The van der Waals surface area contributed by atoms with Gasteiger partial charge in [-0.25, -0.2) is 0 Å². The summed E-state index contributed by atoms with van der Waals surface area (Å²) in [5, 5.41) is 20.5. The van der Waals surface area contributed by atoms with Gasteiger partial charge in [-0.15, -0.1) is 0 Å². The monoisotopic (exact) mass is 374 g/mol. The first-order valence-electron chi connectivity index (χ1n) is 6.97. The van der Waals surface area contributed by atoms with Crippen LogP contribution in [0.4, 0.5) is 5.69 Å². The Balaban J connectivity index is 2.32. The zero-order valence-corrected chi connectivity index (χ0v) is 13.9. The number of carbonyl (C=O) groups excluding carboxylic acids is 3. The van der Waals surface area contributed by atoms with Gasteiger partial charge >= 0.3 is 0 Å². The molecule has 1 aliphatic rings. The third-order valence-corrected chi connectivity index (χ3v) is 4.57. The molecule has 2 aromatic rings. The van der Waals surface area contributed by atoms with E-state index < -0.39 is 29.6 Å². The number of benzene rings is 2. The molecule has 0 saturated carbocycles. The number of fused-ring (bicyclic) bond motifs is 2. The largest absolute Gasteiger partial charge is 0.506 e. The molecule has 2 aromatic carbocycles. The standard InChI is InChI=1S/C17H8Cl2N2O4/c18-12-13(19)17(25)11-10(14(12)21-9(22)5-6-20)15(23)7-3-1-2-4-8(7)16(11)24/h1-4,25H,5H2,(H,21,22). The third kappa shape index (κ3) is 2.54. The quantitative estimate of drug-likeness (QED) is 0.668. The molecule has 0 spiro atoms. The molecule has 0 radical (unpaired) electrons. The van der Waals surface area contributed by atoms with Crippen LogP contribution in [0, 0.1) is 11.3 Å². The number of hydrogen-bond acceptors (Lipinski definition) is 5. The Bertz CT molecular complexity index is 1010. The number of phenolic OH excluding ortho intramolecular Hbond substituents is 1. The molecule has 8 heteroatoms. The van der Waals surface area contributed by atoms with Gasteiger partial charge in [0.1, 0.15) is 17.2 Å². The fourth-order valence-corrected chi connectivity index (χ4v) is 3.07. The lowest BCUT2D eigenvalue weighted by Gasteiger charge is -2.23. The van der Waals surface area contributed by atoms with Gasteiger partial charge in [0.15, 0.2) is 11.6 Å². The summed E-state index contributed by atoms with van der Waals surface area (Å²) in [6.45, 7) is 0. The zero-order valence-electron chi connectivity index (χ0n) is 12.4. The van der Waals surface area contributed by atoms with E-state index in [1.54, 1.807) is 18.2 Å². The highest BCUT2D eigenvalue weighted by atomic mass is 35.5. The number of hydrogen-bond donors (Lipinski definition) is 2. The van der Waals surface area contributed by atoms with Crippen molar-refractivity contribution < 1.29 is 19.5 Å². The van der Waals surface area contributed by atoms with Crippen LogP contribution in [-0.2, 0) is 4.79 Å². The molecule has 0 aliphatic heterocycles. The molecular weight excluding hydrogens is 367 g/mol. The van der Waals surface area contributed by atoms with Crippen molar-refractivity contribution in [3.8, 4) is 11.8 Å². The summed E-state index contributed by atoms with van der Waals surface area (Å²) in [7, 11) is 0. The lowest BCUT2D eigenvalue weighted by molar-refractivity contribution is -0.115. The van der Waals surface area contributed by atoms with Crippen molar-refractivity contribution in [1.82, 2.24) is 0 Å². The van der Waals surface area contributed by atoms with Crippen LogP contribution in [0.25, 0.3) is 0 Å². The summed E-state index contributed by atoms with van der Waals surface area (Å²) in [4.78, 5) is 37.4. The Morgan fingerprint density at radius 2 is 1.64 bits per heavy atom. The van der Waals surface area contributed by atoms with E-state index in [-0.39, 0.29) is 38.0 Å². The lowest BCUT2D eigenvalue weighted by Crippen LogP contribution is -2.24. The van der Waals surface area contributed by atoms with Crippen molar-refractivity contribution in [2.75, 3.05) is 5.32 Å². The highest BCUT2D eigenvalue weighted by Crippen LogP contribution is 2.46. The predicted octanol–water partition coefficient (Wildman–Crippen LogP) is 3.33. The van der Waals surface area contributed by atoms with Gasteiger partial charge in [-0.1, -0.05) is 47.5 Å². The summed E-state index contributed by atoms with van der Waals surface area (Å²) in [5.74, 6) is -2.57. The smallest absolute Gasteiger partial charge is 0.238 e. The van der Waals surface area contributed by atoms with E-state index >= 15 is 0 Å². The van der Waals surface area contributed by atoms with Crippen molar-refractivity contribution in [2.45, 2.75) is 6.42 Å². The van der Waals surface area contributed by atoms with Crippen LogP contribution in [0.15, 0.2) is 24.3 Å². The van der Waals surface area contributed by atoms with Gasteiger partial charge in [0, 0.05) is 11.1 Å². The first-order valence-corrected chi connectivity index (χ1v) is 7.73. The van der Waals surface area contributed by atoms with Crippen LogP contribution in [0.5, 0.6) is 5.75 Å². The summed E-state index contributed by atoms with van der Waals surface area (Å²) in [5.41, 5.74) is -0.545. The molecule has 6 nitrogen and oxygen atoms in total. The number of ketones is 2. The molecule has 0 heterocycles. The van der Waals surface area contributed by atoms with Crippen molar-refractivity contribution >= 4 is 46.4 Å². The minimum Gasteiger partial charge on any atom is -0.506 e. The Labute approximate surface area is 151 Å². The molecule has 1 aliphatic carbocycles. The van der Waals surface area contributed by atoms with Crippen LogP contribution in [0.1, 0.15) is 38.3 Å². The number of phenols is 1. The second kappa shape index (κ2) is 6.20. The zero-order chi connectivity index (χ0) is 18.3. The highest BCUT2D eigenvalue weighted by Gasteiger charge is 2.37. The maximum atomic E-state index is 12.8. The second-order valence-corrected chi connectivity index (χ2v) is 5.94. The highest BCUT2D eigenvalue weighted by molar-refractivity contribution is 6.47. The first kappa shape index (κ1) is 17.0. The second-order valence-electron chi connectivity index (χ2n) is 5.19. The Morgan fingerprint density at radius 3 is 2.20 bits per heavy atom. The van der Waals surface area contributed by atoms with E-state index in [1.165, 1.54) is 12.1 Å². The number of amides is 1. The molecule has 1 amide bonds. The van der Waals surface area contributed by atoms with Crippen LogP contribution in [0.3, 0.4) is 0 Å². The number of anilines is 1. The van der Waals surface area contributed by atoms with Gasteiger partial charge in [-0.3, -0.25) is 14.4 Å².